The lowest BCUT2D eigenvalue weighted by molar-refractivity contribution is -0.104. The van der Waals surface area contributed by atoms with Crippen LogP contribution in [0.5, 0.6) is 11.5 Å². The second-order valence-corrected chi connectivity index (χ2v) is 9.28. The zero-order valence-corrected chi connectivity index (χ0v) is 17.9. The van der Waals surface area contributed by atoms with Crippen molar-refractivity contribution in [3.63, 3.8) is 0 Å². The highest BCUT2D eigenvalue weighted by Crippen LogP contribution is 2.28. The normalized spacial score (nSPS) is 22.6. The van der Waals surface area contributed by atoms with Crippen LogP contribution in [-0.2, 0) is 16.6 Å². The molecule has 2 aromatic carbocycles. The topological polar surface area (TPSA) is 108 Å². The van der Waals surface area contributed by atoms with Crippen LogP contribution in [0.3, 0.4) is 0 Å². The van der Waals surface area contributed by atoms with E-state index in [9.17, 15) is 18.6 Å². The monoisotopic (exact) mass is 436 g/mol. The number of hydrogen-bond donors (Lipinski definition) is 3. The molecule has 8 nitrogen and oxygen atoms in total. The van der Waals surface area contributed by atoms with Gasteiger partial charge in [0.25, 0.3) is 0 Å². The summed E-state index contributed by atoms with van der Waals surface area (Å²) >= 11 is 0. The number of aliphatic hydroxyl groups excluding tert-OH is 1. The molecule has 2 atom stereocenters. The predicted octanol–water partition coefficient (Wildman–Crippen LogP) is 0.980. The number of methoxy groups -OCH3 is 2. The van der Waals surface area contributed by atoms with Gasteiger partial charge in [0.05, 0.1) is 25.2 Å². The molecule has 1 heterocycles. The molecule has 0 spiro atoms. The summed E-state index contributed by atoms with van der Waals surface area (Å²) in [6.45, 7) is 0.336. The van der Waals surface area contributed by atoms with Gasteiger partial charge in [0, 0.05) is 37.8 Å². The number of β-amino-alcohol motifs (C(OH)–C–C–N with tert-alkyl or cyclic N) is 1. The SMILES string of the molecule is COc1ccc(CNC[C@@]2(O)CN(S(=O)(=O)c3ccccc3)CC[C@@H]2O)c(OC)c1. The smallest absolute Gasteiger partial charge is 0.243 e. The Balaban J connectivity index is 1.69. The quantitative estimate of drug-likeness (QED) is 0.566. The third kappa shape index (κ3) is 4.76. The zero-order valence-electron chi connectivity index (χ0n) is 17.1. The van der Waals surface area contributed by atoms with Crippen LogP contribution in [0.1, 0.15) is 12.0 Å². The van der Waals surface area contributed by atoms with Crippen molar-refractivity contribution in [2.24, 2.45) is 0 Å². The summed E-state index contributed by atoms with van der Waals surface area (Å²) in [5.74, 6) is 1.30. The molecular weight excluding hydrogens is 408 g/mol. The Morgan fingerprint density at radius 2 is 1.90 bits per heavy atom. The van der Waals surface area contributed by atoms with E-state index in [0.717, 1.165) is 5.56 Å². The fourth-order valence-electron chi connectivity index (χ4n) is 3.56. The Morgan fingerprint density at radius 3 is 2.57 bits per heavy atom. The van der Waals surface area contributed by atoms with Crippen molar-refractivity contribution in [3.05, 3.63) is 54.1 Å². The largest absolute Gasteiger partial charge is 0.497 e. The minimum Gasteiger partial charge on any atom is -0.497 e. The summed E-state index contributed by atoms with van der Waals surface area (Å²) < 4.78 is 37.6. The first-order chi connectivity index (χ1) is 14.3. The number of nitrogens with one attached hydrogen (secondary N) is 1. The number of ether oxygens (including phenoxy) is 2. The molecule has 1 fully saturated rings. The molecule has 1 aliphatic heterocycles. The summed E-state index contributed by atoms with van der Waals surface area (Å²) in [7, 11) is -0.622. The van der Waals surface area contributed by atoms with E-state index in [0.29, 0.717) is 18.0 Å². The number of hydrogen-bond acceptors (Lipinski definition) is 7. The van der Waals surface area contributed by atoms with E-state index in [4.69, 9.17) is 9.47 Å². The molecule has 2 aromatic rings. The molecule has 164 valence electrons. The summed E-state index contributed by atoms with van der Waals surface area (Å²) in [4.78, 5) is 0.166. The van der Waals surface area contributed by atoms with Crippen molar-refractivity contribution in [1.29, 1.82) is 0 Å². The molecule has 0 radical (unpaired) electrons. The highest BCUT2D eigenvalue weighted by atomic mass is 32.2. The second-order valence-electron chi connectivity index (χ2n) is 7.34. The average Bonchev–Trinajstić information content (AvgIpc) is 2.76. The first kappa shape index (κ1) is 22.5. The molecule has 1 aliphatic rings. The van der Waals surface area contributed by atoms with Crippen molar-refractivity contribution < 1.29 is 28.1 Å². The number of nitrogens with zero attached hydrogens (tertiary/aromatic N) is 1. The van der Waals surface area contributed by atoms with Crippen LogP contribution in [-0.4, -0.2) is 68.5 Å². The molecule has 30 heavy (non-hydrogen) atoms. The maximum atomic E-state index is 12.9. The van der Waals surface area contributed by atoms with E-state index >= 15 is 0 Å². The summed E-state index contributed by atoms with van der Waals surface area (Å²) in [5, 5.41) is 24.5. The van der Waals surface area contributed by atoms with Gasteiger partial charge in [0.1, 0.15) is 17.1 Å². The lowest BCUT2D eigenvalue weighted by atomic mass is 9.90. The van der Waals surface area contributed by atoms with Gasteiger partial charge in [-0.25, -0.2) is 8.42 Å². The van der Waals surface area contributed by atoms with Gasteiger partial charge in [-0.15, -0.1) is 0 Å². The van der Waals surface area contributed by atoms with Gasteiger partial charge >= 0.3 is 0 Å². The number of aliphatic hydroxyl groups is 2. The van der Waals surface area contributed by atoms with Crippen LogP contribution in [0, 0.1) is 0 Å². The highest BCUT2D eigenvalue weighted by molar-refractivity contribution is 7.89. The van der Waals surface area contributed by atoms with Crippen LogP contribution in [0.2, 0.25) is 0 Å². The maximum Gasteiger partial charge on any atom is 0.243 e. The fourth-order valence-corrected chi connectivity index (χ4v) is 5.10. The average molecular weight is 437 g/mol. The first-order valence-electron chi connectivity index (χ1n) is 9.67. The Kier molecular flexibility index (Phi) is 6.99. The molecule has 3 N–H and O–H groups in total. The van der Waals surface area contributed by atoms with Gasteiger partial charge in [-0.1, -0.05) is 24.3 Å². The first-order valence-corrected chi connectivity index (χ1v) is 11.1. The van der Waals surface area contributed by atoms with Gasteiger partial charge in [0.2, 0.25) is 10.0 Å². The molecule has 0 saturated carbocycles. The summed E-state index contributed by atoms with van der Waals surface area (Å²) in [5.41, 5.74) is -0.763. The van der Waals surface area contributed by atoms with Gasteiger partial charge in [-0.05, 0) is 24.6 Å². The van der Waals surface area contributed by atoms with Crippen LogP contribution >= 0.6 is 0 Å². The van der Waals surface area contributed by atoms with Crippen molar-refractivity contribution in [2.45, 2.75) is 29.6 Å². The Labute approximate surface area is 177 Å². The van der Waals surface area contributed by atoms with E-state index in [-0.39, 0.29) is 31.0 Å². The highest BCUT2D eigenvalue weighted by Gasteiger charge is 2.44. The third-order valence-electron chi connectivity index (χ3n) is 5.34. The minimum atomic E-state index is -3.75. The molecule has 9 heteroatoms. The van der Waals surface area contributed by atoms with Gasteiger partial charge < -0.3 is 25.0 Å². The Morgan fingerprint density at radius 1 is 1.17 bits per heavy atom. The van der Waals surface area contributed by atoms with Crippen LogP contribution in [0.25, 0.3) is 0 Å². The predicted molar refractivity (Wildman–Crippen MR) is 112 cm³/mol. The molecule has 3 rings (SSSR count). The van der Waals surface area contributed by atoms with Gasteiger partial charge in [-0.3, -0.25) is 0 Å². The standard InChI is InChI=1S/C21H28N2O6S/c1-28-17-9-8-16(19(12-17)29-2)13-22-14-21(25)15-23(11-10-20(21)24)30(26,27)18-6-4-3-5-7-18/h3-9,12,20,22,24-25H,10-11,13-15H2,1-2H3/t20-,21+/m0/s1. The van der Waals surface area contributed by atoms with Crippen molar-refractivity contribution in [3.8, 4) is 11.5 Å². The van der Waals surface area contributed by atoms with Crippen molar-refractivity contribution in [2.75, 3.05) is 33.9 Å². The third-order valence-corrected chi connectivity index (χ3v) is 7.20. The number of rotatable bonds is 8. The van der Waals surface area contributed by atoms with Gasteiger partial charge in [0.15, 0.2) is 0 Å². The van der Waals surface area contributed by atoms with Gasteiger partial charge in [-0.2, -0.15) is 4.31 Å². The van der Waals surface area contributed by atoms with E-state index < -0.39 is 21.7 Å². The Hall–Kier alpha value is -2.17. The van der Waals surface area contributed by atoms with E-state index in [2.05, 4.69) is 5.32 Å². The molecule has 0 aromatic heterocycles. The van der Waals surface area contributed by atoms with Crippen LogP contribution < -0.4 is 14.8 Å². The van der Waals surface area contributed by atoms with E-state index in [1.54, 1.807) is 44.6 Å². The summed E-state index contributed by atoms with van der Waals surface area (Å²) in [6, 6.07) is 13.5. The van der Waals surface area contributed by atoms with E-state index in [1.807, 2.05) is 6.07 Å². The fraction of sp³-hybridized carbons (Fsp3) is 0.429. The van der Waals surface area contributed by atoms with Crippen LogP contribution in [0.15, 0.2) is 53.4 Å². The second kappa shape index (κ2) is 9.32. The molecular formula is C21H28N2O6S. The lowest BCUT2D eigenvalue weighted by Crippen LogP contribution is -2.62. The van der Waals surface area contributed by atoms with Crippen LogP contribution in [0.4, 0.5) is 0 Å². The zero-order chi connectivity index (χ0) is 21.8. The number of piperidine rings is 1. The van der Waals surface area contributed by atoms with Crippen molar-refractivity contribution in [1.82, 2.24) is 9.62 Å². The molecule has 0 amide bonds. The number of benzene rings is 2. The molecule has 0 unspecified atom stereocenters. The molecule has 0 bridgehead atoms. The summed E-state index contributed by atoms with van der Waals surface area (Å²) in [6.07, 6.45) is -0.888. The number of sulfonamides is 1. The van der Waals surface area contributed by atoms with E-state index in [1.165, 1.54) is 16.4 Å². The minimum absolute atomic E-state index is 0.0180. The van der Waals surface area contributed by atoms with Crippen molar-refractivity contribution >= 4 is 10.0 Å². The molecule has 1 saturated heterocycles. The Bertz CT molecular complexity index is 953. The molecule has 0 aliphatic carbocycles. The lowest BCUT2D eigenvalue weighted by Gasteiger charge is -2.42. The maximum absolute atomic E-state index is 12.9.